The van der Waals surface area contributed by atoms with Crippen LogP contribution in [0.15, 0.2) is 60.9 Å². The molecule has 1 atom stereocenters. The predicted octanol–water partition coefficient (Wildman–Crippen LogP) is 4.18. The minimum Gasteiger partial charge on any atom is -0.337 e. The molecular formula is C18H12F5N3O. The van der Waals surface area contributed by atoms with E-state index in [1.165, 1.54) is 18.2 Å². The number of amides is 1. The van der Waals surface area contributed by atoms with Gasteiger partial charge in [-0.25, -0.2) is 13.5 Å². The Morgan fingerprint density at radius 2 is 1.70 bits per heavy atom. The van der Waals surface area contributed by atoms with Crippen LogP contribution in [0.25, 0.3) is 5.69 Å². The maximum absolute atomic E-state index is 13.8. The molecule has 0 saturated heterocycles. The number of rotatable bonds is 4. The SMILES string of the molecule is O=C(NC(c1ccc(F)cc1)C(F)(F)F)c1cnn(-c2ccccc2F)c1. The van der Waals surface area contributed by atoms with Gasteiger partial charge in [-0.05, 0) is 29.8 Å². The molecular weight excluding hydrogens is 369 g/mol. The Bertz CT molecular complexity index is 950. The number of nitrogens with one attached hydrogen (secondary N) is 1. The Morgan fingerprint density at radius 3 is 2.33 bits per heavy atom. The Morgan fingerprint density at radius 1 is 1.04 bits per heavy atom. The van der Waals surface area contributed by atoms with E-state index in [4.69, 9.17) is 0 Å². The average molecular weight is 381 g/mol. The van der Waals surface area contributed by atoms with E-state index in [-0.39, 0.29) is 16.8 Å². The van der Waals surface area contributed by atoms with E-state index in [2.05, 4.69) is 5.10 Å². The van der Waals surface area contributed by atoms with Crippen molar-refractivity contribution >= 4 is 5.91 Å². The van der Waals surface area contributed by atoms with E-state index >= 15 is 0 Å². The van der Waals surface area contributed by atoms with E-state index in [1.54, 1.807) is 6.07 Å². The van der Waals surface area contributed by atoms with Crippen molar-refractivity contribution in [3.8, 4) is 5.69 Å². The molecule has 0 spiro atoms. The van der Waals surface area contributed by atoms with E-state index in [0.29, 0.717) is 0 Å². The minimum absolute atomic E-state index is 0.0439. The third-order valence-corrected chi connectivity index (χ3v) is 3.75. The lowest BCUT2D eigenvalue weighted by Gasteiger charge is -2.21. The lowest BCUT2D eigenvalue weighted by Crippen LogP contribution is -2.38. The number of carbonyl (C=O) groups is 1. The Labute approximate surface area is 150 Å². The monoisotopic (exact) mass is 381 g/mol. The molecule has 140 valence electrons. The third-order valence-electron chi connectivity index (χ3n) is 3.75. The molecule has 0 fully saturated rings. The number of para-hydroxylation sites is 1. The Kier molecular flexibility index (Phi) is 4.93. The van der Waals surface area contributed by atoms with Gasteiger partial charge in [0.15, 0.2) is 6.04 Å². The number of aromatic nitrogens is 2. The molecule has 27 heavy (non-hydrogen) atoms. The largest absolute Gasteiger partial charge is 0.412 e. The van der Waals surface area contributed by atoms with E-state index in [9.17, 15) is 26.7 Å². The normalized spacial score (nSPS) is 12.6. The lowest BCUT2D eigenvalue weighted by molar-refractivity contribution is -0.155. The fourth-order valence-electron chi connectivity index (χ4n) is 2.43. The van der Waals surface area contributed by atoms with Gasteiger partial charge in [0.2, 0.25) is 0 Å². The fraction of sp³-hybridized carbons (Fsp3) is 0.111. The van der Waals surface area contributed by atoms with Crippen molar-refractivity contribution in [2.75, 3.05) is 0 Å². The molecule has 3 rings (SSSR count). The van der Waals surface area contributed by atoms with Crippen LogP contribution in [-0.2, 0) is 0 Å². The molecule has 1 N–H and O–H groups in total. The summed E-state index contributed by atoms with van der Waals surface area (Å²) in [7, 11) is 0. The van der Waals surface area contributed by atoms with Gasteiger partial charge in [-0.2, -0.15) is 18.3 Å². The van der Waals surface area contributed by atoms with Crippen LogP contribution in [0.4, 0.5) is 22.0 Å². The van der Waals surface area contributed by atoms with Crippen LogP contribution in [0, 0.1) is 11.6 Å². The lowest BCUT2D eigenvalue weighted by atomic mass is 10.1. The summed E-state index contributed by atoms with van der Waals surface area (Å²) in [5.74, 6) is -2.35. The second-order valence-electron chi connectivity index (χ2n) is 5.62. The molecule has 0 aliphatic heterocycles. The molecule has 3 aromatic rings. The van der Waals surface area contributed by atoms with Gasteiger partial charge in [0.1, 0.15) is 17.3 Å². The molecule has 0 aliphatic rings. The summed E-state index contributed by atoms with van der Waals surface area (Å²) in [5, 5.41) is 5.66. The van der Waals surface area contributed by atoms with Gasteiger partial charge in [0, 0.05) is 6.20 Å². The van der Waals surface area contributed by atoms with E-state index < -0.39 is 29.8 Å². The van der Waals surface area contributed by atoms with Gasteiger partial charge in [-0.3, -0.25) is 4.79 Å². The number of alkyl halides is 3. The number of hydrogen-bond donors (Lipinski definition) is 1. The van der Waals surface area contributed by atoms with Crippen LogP contribution in [0.1, 0.15) is 22.0 Å². The summed E-state index contributed by atoms with van der Waals surface area (Å²) in [6.45, 7) is 0. The maximum Gasteiger partial charge on any atom is 0.412 e. The second kappa shape index (κ2) is 7.18. The van der Waals surface area contributed by atoms with Gasteiger partial charge in [-0.1, -0.05) is 24.3 Å². The third kappa shape index (κ3) is 4.13. The highest BCUT2D eigenvalue weighted by Gasteiger charge is 2.42. The minimum atomic E-state index is -4.80. The number of benzene rings is 2. The van der Waals surface area contributed by atoms with Crippen molar-refractivity contribution in [2.45, 2.75) is 12.2 Å². The molecule has 0 aliphatic carbocycles. The molecule has 1 heterocycles. The van der Waals surface area contributed by atoms with Gasteiger partial charge >= 0.3 is 6.18 Å². The van der Waals surface area contributed by atoms with Gasteiger partial charge in [0.25, 0.3) is 5.91 Å². The number of nitrogens with zero attached hydrogens (tertiary/aromatic N) is 2. The zero-order valence-corrected chi connectivity index (χ0v) is 13.5. The van der Waals surface area contributed by atoms with Crippen LogP contribution in [-0.4, -0.2) is 21.9 Å². The highest BCUT2D eigenvalue weighted by molar-refractivity contribution is 5.94. The van der Waals surface area contributed by atoms with Crippen molar-refractivity contribution < 1.29 is 26.7 Å². The summed E-state index contributed by atoms with van der Waals surface area (Å²) in [4.78, 5) is 12.2. The first kappa shape index (κ1) is 18.6. The summed E-state index contributed by atoms with van der Waals surface area (Å²) in [5.41, 5.74) is -0.462. The molecule has 4 nitrogen and oxygen atoms in total. The Balaban J connectivity index is 1.84. The molecule has 1 unspecified atom stereocenters. The topological polar surface area (TPSA) is 46.9 Å². The Hall–Kier alpha value is -3.23. The number of halogens is 5. The molecule has 0 saturated carbocycles. The first-order valence-electron chi connectivity index (χ1n) is 7.68. The molecule has 1 amide bonds. The van der Waals surface area contributed by atoms with Crippen molar-refractivity contribution in [1.82, 2.24) is 15.1 Å². The van der Waals surface area contributed by atoms with Crippen molar-refractivity contribution in [3.05, 3.63) is 83.7 Å². The smallest absolute Gasteiger partial charge is 0.337 e. The summed E-state index contributed by atoms with van der Waals surface area (Å²) < 4.78 is 67.8. The molecule has 1 aromatic heterocycles. The molecule has 9 heteroatoms. The molecule has 2 aromatic carbocycles. The molecule has 0 radical (unpaired) electrons. The van der Waals surface area contributed by atoms with Crippen molar-refractivity contribution in [1.29, 1.82) is 0 Å². The number of carbonyl (C=O) groups excluding carboxylic acids is 1. The van der Waals surface area contributed by atoms with Crippen LogP contribution in [0.2, 0.25) is 0 Å². The zero-order valence-electron chi connectivity index (χ0n) is 13.5. The van der Waals surface area contributed by atoms with E-state index in [0.717, 1.165) is 41.3 Å². The average Bonchev–Trinajstić information content (AvgIpc) is 3.10. The summed E-state index contributed by atoms with van der Waals surface area (Å²) in [6.07, 6.45) is -2.65. The standard InChI is InChI=1S/C18H12F5N3O/c19-13-7-5-11(6-8-13)16(18(21,22)23)25-17(27)12-9-24-26(10-12)15-4-2-1-3-14(15)20/h1-10,16H,(H,25,27). The van der Waals surface area contributed by atoms with Crippen molar-refractivity contribution in [2.24, 2.45) is 0 Å². The van der Waals surface area contributed by atoms with Crippen LogP contribution in [0.5, 0.6) is 0 Å². The highest BCUT2D eigenvalue weighted by atomic mass is 19.4. The van der Waals surface area contributed by atoms with Crippen molar-refractivity contribution in [3.63, 3.8) is 0 Å². The maximum atomic E-state index is 13.8. The van der Waals surface area contributed by atoms with E-state index in [1.807, 2.05) is 5.32 Å². The quantitative estimate of drug-likeness (QED) is 0.689. The highest BCUT2D eigenvalue weighted by Crippen LogP contribution is 2.33. The zero-order chi connectivity index (χ0) is 19.6. The summed E-state index contributed by atoms with van der Waals surface area (Å²) >= 11 is 0. The number of hydrogen-bond acceptors (Lipinski definition) is 2. The first-order valence-corrected chi connectivity index (χ1v) is 7.68. The van der Waals surface area contributed by atoms with Gasteiger partial charge < -0.3 is 5.32 Å². The fourth-order valence-corrected chi connectivity index (χ4v) is 2.43. The summed E-state index contributed by atoms with van der Waals surface area (Å²) in [6, 6.07) is 6.90. The first-order chi connectivity index (χ1) is 12.8. The van der Waals surface area contributed by atoms with Gasteiger partial charge in [0.05, 0.1) is 11.8 Å². The van der Waals surface area contributed by atoms with Crippen LogP contribution >= 0.6 is 0 Å². The second-order valence-corrected chi connectivity index (χ2v) is 5.62. The van der Waals surface area contributed by atoms with Crippen LogP contribution < -0.4 is 5.32 Å². The van der Waals surface area contributed by atoms with Gasteiger partial charge in [-0.15, -0.1) is 0 Å². The van der Waals surface area contributed by atoms with Crippen LogP contribution in [0.3, 0.4) is 0 Å². The molecule has 0 bridgehead atoms. The predicted molar refractivity (Wildman–Crippen MR) is 86.2 cm³/mol.